The lowest BCUT2D eigenvalue weighted by Gasteiger charge is -2.17. The van der Waals surface area contributed by atoms with E-state index in [1.54, 1.807) is 17.5 Å². The summed E-state index contributed by atoms with van der Waals surface area (Å²) in [6.45, 7) is 4.47. The molecular weight excluding hydrogens is 340 g/mol. The van der Waals surface area contributed by atoms with Crippen LogP contribution >= 0.6 is 11.3 Å². The predicted molar refractivity (Wildman–Crippen MR) is 93.8 cm³/mol. The number of thiazole rings is 1. The van der Waals surface area contributed by atoms with Crippen molar-refractivity contribution < 1.29 is 19.4 Å². The van der Waals surface area contributed by atoms with Gasteiger partial charge >= 0.3 is 5.97 Å². The maximum Gasteiger partial charge on any atom is 0.330 e. The van der Waals surface area contributed by atoms with Crippen LogP contribution in [0.3, 0.4) is 0 Å². The van der Waals surface area contributed by atoms with Crippen LogP contribution < -0.4 is 5.32 Å². The van der Waals surface area contributed by atoms with Crippen LogP contribution in [0.4, 0.5) is 0 Å². The van der Waals surface area contributed by atoms with Gasteiger partial charge in [0.05, 0.1) is 0 Å². The first-order valence-corrected chi connectivity index (χ1v) is 9.02. The number of rotatable bonds is 5. The molecule has 3 rings (SSSR count). The summed E-state index contributed by atoms with van der Waals surface area (Å²) < 4.78 is 5.57. The van der Waals surface area contributed by atoms with Crippen LogP contribution in [0.15, 0.2) is 23.6 Å². The standard InChI is InChI=1S/C18H20N2O4S/c1-10-5-3-6-12(11(10)2)15(18(22)23)20-16(21)13-9-25-17(19-13)14-7-4-8-24-14/h3,5-6,9,14-15H,4,7-8H2,1-2H3,(H,20,21)(H,22,23). The van der Waals surface area contributed by atoms with Gasteiger partial charge in [-0.25, -0.2) is 9.78 Å². The highest BCUT2D eigenvalue weighted by molar-refractivity contribution is 7.09. The molecule has 2 heterocycles. The fourth-order valence-electron chi connectivity index (χ4n) is 2.88. The van der Waals surface area contributed by atoms with E-state index in [9.17, 15) is 14.7 Å². The summed E-state index contributed by atoms with van der Waals surface area (Å²) >= 11 is 1.37. The van der Waals surface area contributed by atoms with Gasteiger partial charge in [0.25, 0.3) is 5.91 Å². The van der Waals surface area contributed by atoms with E-state index >= 15 is 0 Å². The fraction of sp³-hybridized carbons (Fsp3) is 0.389. The lowest BCUT2D eigenvalue weighted by atomic mass is 9.97. The highest BCUT2D eigenvalue weighted by Gasteiger charge is 2.27. The number of ether oxygens (including phenoxy) is 1. The van der Waals surface area contributed by atoms with Gasteiger partial charge in [0, 0.05) is 12.0 Å². The number of nitrogens with zero attached hydrogens (tertiary/aromatic N) is 1. The van der Waals surface area contributed by atoms with Crippen molar-refractivity contribution in [3.8, 4) is 0 Å². The van der Waals surface area contributed by atoms with Crippen molar-refractivity contribution in [3.05, 3.63) is 51.0 Å². The molecule has 0 bridgehead atoms. The van der Waals surface area contributed by atoms with Crippen molar-refractivity contribution in [2.45, 2.75) is 38.8 Å². The van der Waals surface area contributed by atoms with E-state index in [0.29, 0.717) is 12.2 Å². The molecule has 1 aromatic carbocycles. The molecule has 2 aromatic rings. The quantitative estimate of drug-likeness (QED) is 0.855. The summed E-state index contributed by atoms with van der Waals surface area (Å²) in [4.78, 5) is 28.5. The van der Waals surface area contributed by atoms with Crippen molar-refractivity contribution >= 4 is 23.2 Å². The van der Waals surface area contributed by atoms with Crippen LogP contribution in [0.25, 0.3) is 0 Å². The Morgan fingerprint density at radius 2 is 2.20 bits per heavy atom. The van der Waals surface area contributed by atoms with Gasteiger partial charge in [0.1, 0.15) is 16.8 Å². The van der Waals surface area contributed by atoms with Gasteiger partial charge in [-0.15, -0.1) is 11.3 Å². The van der Waals surface area contributed by atoms with Crippen molar-refractivity contribution in [1.82, 2.24) is 10.3 Å². The summed E-state index contributed by atoms with van der Waals surface area (Å²) in [6.07, 6.45) is 1.83. The Morgan fingerprint density at radius 1 is 1.40 bits per heavy atom. The molecule has 0 spiro atoms. The third-order valence-corrected chi connectivity index (χ3v) is 5.38. The van der Waals surface area contributed by atoms with Crippen LogP contribution in [0.2, 0.25) is 0 Å². The number of carboxylic acids is 1. The Balaban J connectivity index is 1.79. The number of carboxylic acid groups (broad SMARTS) is 1. The van der Waals surface area contributed by atoms with Gasteiger partial charge in [-0.1, -0.05) is 18.2 Å². The number of aromatic nitrogens is 1. The number of hydrogen-bond acceptors (Lipinski definition) is 5. The second-order valence-electron chi connectivity index (χ2n) is 6.11. The molecule has 0 aliphatic carbocycles. The summed E-state index contributed by atoms with van der Waals surface area (Å²) in [6, 6.07) is 4.31. The summed E-state index contributed by atoms with van der Waals surface area (Å²) in [5.74, 6) is -1.59. The van der Waals surface area contributed by atoms with E-state index in [-0.39, 0.29) is 11.8 Å². The van der Waals surface area contributed by atoms with Crippen molar-refractivity contribution in [3.63, 3.8) is 0 Å². The Hall–Kier alpha value is -2.25. The Morgan fingerprint density at radius 3 is 2.88 bits per heavy atom. The fourth-order valence-corrected chi connectivity index (χ4v) is 3.76. The zero-order valence-corrected chi connectivity index (χ0v) is 14.9. The Labute approximate surface area is 149 Å². The summed E-state index contributed by atoms with van der Waals surface area (Å²) in [7, 11) is 0. The van der Waals surface area contributed by atoms with Crippen LogP contribution in [0.5, 0.6) is 0 Å². The molecule has 7 heteroatoms. The highest BCUT2D eigenvalue weighted by atomic mass is 32.1. The van der Waals surface area contributed by atoms with E-state index in [1.165, 1.54) is 11.3 Å². The van der Waals surface area contributed by atoms with Crippen molar-refractivity contribution in [2.75, 3.05) is 6.61 Å². The zero-order valence-electron chi connectivity index (χ0n) is 14.1. The third-order valence-electron chi connectivity index (χ3n) is 4.44. The van der Waals surface area contributed by atoms with Gasteiger partial charge in [0.2, 0.25) is 0 Å². The number of benzene rings is 1. The van der Waals surface area contributed by atoms with E-state index in [0.717, 1.165) is 29.0 Å². The molecule has 1 amide bonds. The molecule has 1 saturated heterocycles. The molecule has 0 radical (unpaired) electrons. The highest BCUT2D eigenvalue weighted by Crippen LogP contribution is 2.30. The summed E-state index contributed by atoms with van der Waals surface area (Å²) in [5, 5.41) is 14.6. The first-order valence-electron chi connectivity index (χ1n) is 8.14. The molecule has 6 nitrogen and oxygen atoms in total. The first-order chi connectivity index (χ1) is 12.0. The minimum atomic E-state index is -1.11. The average Bonchev–Trinajstić information content (AvgIpc) is 3.26. The van der Waals surface area contributed by atoms with Crippen LogP contribution in [0.1, 0.15) is 57.2 Å². The molecule has 1 aromatic heterocycles. The maximum absolute atomic E-state index is 12.5. The smallest absolute Gasteiger partial charge is 0.330 e. The number of nitrogens with one attached hydrogen (secondary N) is 1. The molecule has 1 aliphatic rings. The van der Waals surface area contributed by atoms with E-state index in [2.05, 4.69) is 10.3 Å². The Kier molecular flexibility index (Phi) is 5.15. The first kappa shape index (κ1) is 17.6. The second kappa shape index (κ2) is 7.33. The normalized spacial score (nSPS) is 18.1. The molecule has 2 N–H and O–H groups in total. The molecule has 0 saturated carbocycles. The molecule has 25 heavy (non-hydrogen) atoms. The van der Waals surface area contributed by atoms with Gasteiger partial charge < -0.3 is 15.2 Å². The number of amides is 1. The van der Waals surface area contributed by atoms with Gasteiger partial charge in [-0.2, -0.15) is 0 Å². The minimum absolute atomic E-state index is 0.0548. The number of aryl methyl sites for hydroxylation is 1. The molecule has 132 valence electrons. The maximum atomic E-state index is 12.5. The lowest BCUT2D eigenvalue weighted by molar-refractivity contribution is -0.139. The summed E-state index contributed by atoms with van der Waals surface area (Å²) in [5.41, 5.74) is 2.64. The van der Waals surface area contributed by atoms with E-state index in [4.69, 9.17) is 4.74 Å². The average molecular weight is 360 g/mol. The topological polar surface area (TPSA) is 88.5 Å². The number of carbonyl (C=O) groups excluding carboxylic acids is 1. The van der Waals surface area contributed by atoms with E-state index < -0.39 is 17.9 Å². The molecule has 2 atom stereocenters. The van der Waals surface area contributed by atoms with Crippen molar-refractivity contribution in [1.29, 1.82) is 0 Å². The van der Waals surface area contributed by atoms with E-state index in [1.807, 2.05) is 19.9 Å². The van der Waals surface area contributed by atoms with Crippen molar-refractivity contribution in [2.24, 2.45) is 0 Å². The van der Waals surface area contributed by atoms with Crippen LogP contribution in [0, 0.1) is 13.8 Å². The second-order valence-corrected chi connectivity index (χ2v) is 7.00. The molecular formula is C18H20N2O4S. The SMILES string of the molecule is Cc1cccc(C(NC(=O)c2csc(C3CCCO3)n2)C(=O)O)c1C. The minimum Gasteiger partial charge on any atom is -0.479 e. The number of hydrogen-bond donors (Lipinski definition) is 2. The van der Waals surface area contributed by atoms with Crippen LogP contribution in [-0.4, -0.2) is 28.6 Å². The van der Waals surface area contributed by atoms with Crippen LogP contribution in [-0.2, 0) is 9.53 Å². The molecule has 2 unspecified atom stereocenters. The zero-order chi connectivity index (χ0) is 18.0. The van der Waals surface area contributed by atoms with Gasteiger partial charge in [0.15, 0.2) is 6.04 Å². The number of aliphatic carboxylic acids is 1. The van der Waals surface area contributed by atoms with Gasteiger partial charge in [-0.3, -0.25) is 4.79 Å². The lowest BCUT2D eigenvalue weighted by Crippen LogP contribution is -2.34. The molecule has 1 aliphatic heterocycles. The third kappa shape index (κ3) is 3.72. The predicted octanol–water partition coefficient (Wildman–Crippen LogP) is 3.17. The Bertz CT molecular complexity index is 796. The molecule has 1 fully saturated rings. The van der Waals surface area contributed by atoms with Gasteiger partial charge in [-0.05, 0) is 43.4 Å². The monoisotopic (exact) mass is 360 g/mol. The largest absolute Gasteiger partial charge is 0.479 e. The number of carbonyl (C=O) groups is 2.